The van der Waals surface area contributed by atoms with Gasteiger partial charge < -0.3 is 51.4 Å². The van der Waals surface area contributed by atoms with Crippen molar-refractivity contribution in [2.75, 3.05) is 84.9 Å². The van der Waals surface area contributed by atoms with E-state index < -0.39 is 5.34 Å². The predicted octanol–water partition coefficient (Wildman–Crippen LogP) is 2.17. The summed E-state index contributed by atoms with van der Waals surface area (Å²) in [6, 6.07) is 12.0. The molecule has 0 bridgehead atoms. The molecule has 0 spiro atoms. The van der Waals surface area contributed by atoms with Crippen molar-refractivity contribution in [1.82, 2.24) is 24.9 Å². The third-order valence-electron chi connectivity index (χ3n) is 11.4. The minimum Gasteiger partial charge on any atom is -0.513 e. The number of aliphatic hydroxyl groups is 1. The smallest absolute Gasteiger partial charge is 0.297 e. The number of aromatic nitrogens is 3. The fourth-order valence-electron chi connectivity index (χ4n) is 7.30. The van der Waals surface area contributed by atoms with Gasteiger partial charge in [0.15, 0.2) is 0 Å². The van der Waals surface area contributed by atoms with E-state index in [4.69, 9.17) is 41.8 Å². The number of ether oxygens (including phenoxy) is 1. The van der Waals surface area contributed by atoms with E-state index >= 15 is 0 Å². The van der Waals surface area contributed by atoms with Gasteiger partial charge in [0.1, 0.15) is 25.5 Å². The highest BCUT2D eigenvalue weighted by molar-refractivity contribution is 6.39. The van der Waals surface area contributed by atoms with Crippen LogP contribution in [0.5, 0.6) is 0 Å². The average Bonchev–Trinajstić information content (AvgIpc) is 4.21. The zero-order chi connectivity index (χ0) is 44.3. The Hall–Kier alpha value is -5.16. The monoisotopic (exact) mass is 835 g/mol. The number of hydrogen-bond acceptors (Lipinski definition) is 13. The number of carbonyl (C=O) groups is 2. The van der Waals surface area contributed by atoms with Gasteiger partial charge in [0.2, 0.25) is 12.0 Å². The highest BCUT2D eigenvalue weighted by atomic mass is 16.6. The van der Waals surface area contributed by atoms with Gasteiger partial charge in [-0.25, -0.2) is 0 Å². The Balaban J connectivity index is 0.000000339. The maximum atomic E-state index is 11.6. The van der Waals surface area contributed by atoms with Crippen LogP contribution in [0.3, 0.4) is 0 Å². The lowest BCUT2D eigenvalue weighted by Crippen LogP contribution is -2.64. The number of aldehydes is 2. The second-order valence-corrected chi connectivity index (χ2v) is 15.8. The van der Waals surface area contributed by atoms with Gasteiger partial charge in [-0.05, 0) is 58.3 Å². The number of pyridine rings is 1. The molecular formula is C43H62B2N11O5+. The number of benzene rings is 1. The predicted molar refractivity (Wildman–Crippen MR) is 241 cm³/mol. The second kappa shape index (κ2) is 21.6. The van der Waals surface area contributed by atoms with Gasteiger partial charge in [-0.3, -0.25) is 19.3 Å². The number of para-hydroxylation sites is 1. The first-order valence-electron chi connectivity index (χ1n) is 20.9. The van der Waals surface area contributed by atoms with Crippen LogP contribution < -0.4 is 36.6 Å². The Labute approximate surface area is 362 Å². The average molecular weight is 835 g/mol. The molecular weight excluding hydrogens is 772 g/mol. The largest absolute Gasteiger partial charge is 0.513 e. The minimum atomic E-state index is -1.38. The van der Waals surface area contributed by atoms with E-state index in [0.717, 1.165) is 92.4 Å². The normalized spacial score (nSPS) is 19.6. The zero-order valence-electron chi connectivity index (χ0n) is 36.5. The molecule has 2 saturated carbocycles. The maximum Gasteiger partial charge on any atom is 0.297 e. The topological polar surface area (TPSA) is 193 Å². The fourth-order valence-corrected chi connectivity index (χ4v) is 7.30. The van der Waals surface area contributed by atoms with Crippen LogP contribution in [0.1, 0.15) is 73.0 Å². The first-order chi connectivity index (χ1) is 29.4. The van der Waals surface area contributed by atoms with Crippen molar-refractivity contribution in [2.24, 2.45) is 22.4 Å². The first kappa shape index (κ1) is 46.9. The molecule has 7 N–H and O–H groups in total. The number of anilines is 2. The molecule has 16 nitrogen and oxygen atoms in total. The summed E-state index contributed by atoms with van der Waals surface area (Å²) >= 11 is 0. The number of nitrogens with zero attached hydrogens (tertiary/aromatic N) is 7. The van der Waals surface area contributed by atoms with Crippen LogP contribution in [0.25, 0.3) is 11.1 Å². The Bertz CT molecular complexity index is 2040. The van der Waals surface area contributed by atoms with Gasteiger partial charge in [-0.1, -0.05) is 19.1 Å². The van der Waals surface area contributed by atoms with Crippen LogP contribution in [0.4, 0.5) is 11.4 Å². The van der Waals surface area contributed by atoms with Gasteiger partial charge in [0.25, 0.3) is 5.69 Å². The summed E-state index contributed by atoms with van der Waals surface area (Å²) in [6.45, 7) is 7.26. The zero-order valence-corrected chi connectivity index (χ0v) is 36.5. The van der Waals surface area contributed by atoms with E-state index in [0.29, 0.717) is 42.4 Å². The van der Waals surface area contributed by atoms with Crippen molar-refractivity contribution in [3.63, 3.8) is 0 Å². The van der Waals surface area contributed by atoms with Gasteiger partial charge >= 0.3 is 0 Å². The van der Waals surface area contributed by atoms with E-state index in [1.165, 1.54) is 24.7 Å². The summed E-state index contributed by atoms with van der Waals surface area (Å²) in [5.74, 6) is 0.711. The quantitative estimate of drug-likeness (QED) is 0.0340. The molecule has 4 fully saturated rings. The van der Waals surface area contributed by atoms with Crippen molar-refractivity contribution >= 4 is 45.5 Å². The number of aliphatic hydroxyl groups excluding tert-OH is 1. The summed E-state index contributed by atoms with van der Waals surface area (Å²) in [5.41, 5.74) is 18.2. The fraction of sp³-hybridized carbons (Fsp3) is 0.512. The Morgan fingerprint density at radius 1 is 1.08 bits per heavy atom. The van der Waals surface area contributed by atoms with Crippen molar-refractivity contribution in [1.29, 1.82) is 0 Å². The standard InChI is InChI=1S/C30H35B2N9O3.C5H11NO.C4H9N.C4H6O/c1-5-25-29-21(20-9-7-10-23(28(20)38(25)3)37-24(22(33)17-43)12-27(34)35-2)13-36-40(29)19-14-39(15-19)30(31,32)26-11-6-8-18(16-42)41(26)44-4;1-6-2-4-7-5-3-6;1-5-4-2-3-4;5-3-4-1-2-4/h6-13,16-17,19,25,33H,5,14-15H2,1-4H3,(H4,34,35,37,42);2-5H2,1H3;4-5H,2-3H2,1H3;3-4H,1-2H2/p+1. The van der Waals surface area contributed by atoms with Crippen LogP contribution >= 0.6 is 0 Å². The van der Waals surface area contributed by atoms with Crippen LogP contribution in [-0.4, -0.2) is 140 Å². The highest BCUT2D eigenvalue weighted by Gasteiger charge is 2.46. The molecule has 61 heavy (non-hydrogen) atoms. The summed E-state index contributed by atoms with van der Waals surface area (Å²) in [7, 11) is 22.5. The van der Waals surface area contributed by atoms with Crippen molar-refractivity contribution < 1.29 is 29.0 Å². The third kappa shape index (κ3) is 11.4. The number of aliphatic imine (C=N–C) groups is 1. The molecule has 1 atom stereocenters. The molecule has 18 heteroatoms. The van der Waals surface area contributed by atoms with E-state index in [9.17, 15) is 14.7 Å². The van der Waals surface area contributed by atoms with E-state index in [2.05, 4.69) is 57.2 Å². The number of carbonyl (C=O) groups excluding carboxylic acids is 2. The summed E-state index contributed by atoms with van der Waals surface area (Å²) < 4.78 is 8.54. The van der Waals surface area contributed by atoms with E-state index in [1.54, 1.807) is 31.3 Å². The number of rotatable bonds is 12. The highest BCUT2D eigenvalue weighted by Crippen LogP contribution is 2.50. The molecule has 1 aromatic carbocycles. The molecule has 4 radical (unpaired) electrons. The molecule has 3 aromatic rings. The molecule has 2 aliphatic carbocycles. The molecule has 2 saturated heterocycles. The minimum absolute atomic E-state index is 0.0119. The first-order valence-corrected chi connectivity index (χ1v) is 20.9. The number of likely N-dealkylation sites (N-methyl/N-ethyl adjacent to an activating group) is 1. The molecule has 5 aliphatic rings. The lowest BCUT2D eigenvalue weighted by molar-refractivity contribution is -0.892. The Kier molecular flexibility index (Phi) is 16.6. The lowest BCUT2D eigenvalue weighted by Gasteiger charge is -2.49. The molecule has 1 unspecified atom stereocenters. The van der Waals surface area contributed by atoms with Crippen LogP contribution in [0.15, 0.2) is 71.3 Å². The number of fused-ring (bicyclic) bond motifs is 3. The van der Waals surface area contributed by atoms with Crippen molar-refractivity contribution in [3.05, 3.63) is 83.4 Å². The molecule has 8 rings (SSSR count). The summed E-state index contributed by atoms with van der Waals surface area (Å²) in [4.78, 5) is 37.0. The number of nitrogens with two attached hydrogens (primary N) is 2. The number of likely N-dealkylation sites (tertiary alicyclic amines) is 1. The molecule has 5 heterocycles. The number of nitrogens with one attached hydrogen (secondary N) is 2. The van der Waals surface area contributed by atoms with Crippen molar-refractivity contribution in [3.8, 4) is 11.1 Å². The van der Waals surface area contributed by atoms with Crippen LogP contribution in [0, 0.1) is 5.92 Å². The lowest BCUT2D eigenvalue weighted by atomic mass is 9.57. The van der Waals surface area contributed by atoms with Gasteiger partial charge in [0.05, 0.1) is 75.6 Å². The van der Waals surface area contributed by atoms with Crippen LogP contribution in [0.2, 0.25) is 0 Å². The third-order valence-corrected chi connectivity index (χ3v) is 11.4. The summed E-state index contributed by atoms with van der Waals surface area (Å²) in [6.07, 6.45) is 11.9. The Morgan fingerprint density at radius 3 is 2.26 bits per heavy atom. The SMILES string of the molecule is CN1CCOCC1.CNC1CC1.O=CC1CC1.[B]C([B])(c1cccc(C=O)[n+]1OC)N1CC(n2ncc3c2C(CC)N(C)c2c(NC(=C/C(N)=NC)/C(N)=C\O)cccc2-3)C1. The molecule has 3 aliphatic heterocycles. The maximum absolute atomic E-state index is 11.6. The molecule has 0 amide bonds. The summed E-state index contributed by atoms with van der Waals surface area (Å²) in [5, 5.41) is 19.6. The number of amidine groups is 1. The van der Waals surface area contributed by atoms with Crippen molar-refractivity contribution in [2.45, 2.75) is 62.5 Å². The van der Waals surface area contributed by atoms with Gasteiger partial charge in [-0.15, -0.1) is 0 Å². The van der Waals surface area contributed by atoms with Crippen LogP contribution in [-0.2, 0) is 14.9 Å². The van der Waals surface area contributed by atoms with Gasteiger partial charge in [0, 0.05) is 91.6 Å². The van der Waals surface area contributed by atoms with Gasteiger partial charge in [-0.2, -0.15) is 5.10 Å². The van der Waals surface area contributed by atoms with E-state index in [1.807, 2.05) is 30.3 Å². The number of morpholine rings is 1. The van der Waals surface area contributed by atoms with E-state index in [-0.39, 0.29) is 23.6 Å². The number of hydrogen-bond donors (Lipinski definition) is 5. The molecule has 2 aromatic heterocycles. The Morgan fingerprint density at radius 2 is 1.77 bits per heavy atom. The molecule has 324 valence electrons. The second-order valence-electron chi connectivity index (χ2n) is 15.8.